The first-order chi connectivity index (χ1) is 14.2. The maximum atomic E-state index is 12.0. The zero-order valence-corrected chi connectivity index (χ0v) is 23.8. The van der Waals surface area contributed by atoms with E-state index in [0.29, 0.717) is 17.9 Å². The van der Waals surface area contributed by atoms with E-state index in [-0.39, 0.29) is 17.5 Å². The van der Waals surface area contributed by atoms with E-state index < -0.39 is 18.4 Å². The van der Waals surface area contributed by atoms with E-state index in [0.717, 1.165) is 6.61 Å². The molecule has 0 bridgehead atoms. The number of rotatable bonds is 14. The Bertz CT molecular complexity index is 557. The number of unbranched alkanes of at least 4 members (excludes halogenated alkanes) is 3. The molecule has 1 heterocycles. The van der Waals surface area contributed by atoms with Crippen LogP contribution in [0.2, 0.25) is 13.3 Å². The Balaban J connectivity index is 3.26. The zero-order chi connectivity index (χ0) is 22.8. The van der Waals surface area contributed by atoms with E-state index >= 15 is 0 Å². The molecule has 0 saturated carbocycles. The second-order valence-corrected chi connectivity index (χ2v) is 23.0. The predicted octanol–water partition coefficient (Wildman–Crippen LogP) is 7.48. The van der Waals surface area contributed by atoms with Gasteiger partial charge in [-0.2, -0.15) is 0 Å². The third-order valence-electron chi connectivity index (χ3n) is 6.94. The molecule has 174 valence electrons. The summed E-state index contributed by atoms with van der Waals surface area (Å²) in [6.07, 6.45) is 8.83. The summed E-state index contributed by atoms with van der Waals surface area (Å²) >= 11 is -2.41. The normalized spacial score (nSPS) is 21.2. The van der Waals surface area contributed by atoms with Crippen LogP contribution in [0.25, 0.3) is 0 Å². The first-order valence-corrected chi connectivity index (χ1v) is 20.0. The Kier molecular flexibility index (Phi) is 12.3. The van der Waals surface area contributed by atoms with Crippen LogP contribution < -0.4 is 0 Å². The van der Waals surface area contributed by atoms with Gasteiger partial charge in [-0.05, 0) is 0 Å². The Morgan fingerprint density at radius 2 is 1.63 bits per heavy atom. The SMILES string of the molecule is C=C(CC(C)(C)C1/C(=[CH]/[Sn]([CH2]CCC)([CH2]CCC)[CH2]CCC)COC1C)C(=O)OC. The van der Waals surface area contributed by atoms with Gasteiger partial charge < -0.3 is 0 Å². The first-order valence-electron chi connectivity index (χ1n) is 12.3. The van der Waals surface area contributed by atoms with E-state index in [1.165, 1.54) is 64.5 Å². The van der Waals surface area contributed by atoms with Gasteiger partial charge in [-0.15, -0.1) is 0 Å². The van der Waals surface area contributed by atoms with Crippen LogP contribution in [0.4, 0.5) is 0 Å². The van der Waals surface area contributed by atoms with Crippen molar-refractivity contribution in [2.45, 2.75) is 106 Å². The molecule has 0 spiro atoms. The molecule has 2 atom stereocenters. The number of methoxy groups -OCH3 is 1. The Morgan fingerprint density at radius 1 is 1.13 bits per heavy atom. The molecule has 0 aromatic rings. The summed E-state index contributed by atoms with van der Waals surface area (Å²) in [5.74, 6) is 0.0578. The average Bonchev–Trinajstić information content (AvgIpc) is 3.08. The van der Waals surface area contributed by atoms with Crippen molar-refractivity contribution in [3.05, 3.63) is 21.8 Å². The average molecular weight is 527 g/mol. The van der Waals surface area contributed by atoms with Crippen LogP contribution in [-0.2, 0) is 14.3 Å². The van der Waals surface area contributed by atoms with Crippen molar-refractivity contribution in [3.63, 3.8) is 0 Å². The van der Waals surface area contributed by atoms with Gasteiger partial charge in [-0.3, -0.25) is 0 Å². The number of ether oxygens (including phenoxy) is 2. The minimum atomic E-state index is -2.41. The molecule has 3 nitrogen and oxygen atoms in total. The summed E-state index contributed by atoms with van der Waals surface area (Å²) < 4.78 is 18.4. The summed E-state index contributed by atoms with van der Waals surface area (Å²) in [6.45, 7) is 18.5. The molecule has 1 aliphatic rings. The monoisotopic (exact) mass is 528 g/mol. The van der Waals surface area contributed by atoms with Crippen LogP contribution in [0, 0.1) is 11.3 Å². The van der Waals surface area contributed by atoms with Gasteiger partial charge in [-0.25, -0.2) is 0 Å². The van der Waals surface area contributed by atoms with Crippen molar-refractivity contribution >= 4 is 24.3 Å². The van der Waals surface area contributed by atoms with Crippen molar-refractivity contribution in [1.82, 2.24) is 0 Å². The number of hydrogen-bond donors (Lipinski definition) is 0. The predicted molar refractivity (Wildman–Crippen MR) is 131 cm³/mol. The molecular weight excluding hydrogens is 479 g/mol. The van der Waals surface area contributed by atoms with E-state index in [2.05, 4.69) is 52.2 Å². The molecule has 0 radical (unpaired) electrons. The maximum absolute atomic E-state index is 12.0. The fourth-order valence-electron chi connectivity index (χ4n) is 5.43. The molecule has 1 rings (SSSR count). The van der Waals surface area contributed by atoms with E-state index in [1.807, 2.05) is 0 Å². The molecule has 0 aromatic heterocycles. The van der Waals surface area contributed by atoms with Crippen molar-refractivity contribution in [2.75, 3.05) is 13.7 Å². The summed E-state index contributed by atoms with van der Waals surface area (Å²) in [7, 11) is 1.44. The van der Waals surface area contributed by atoms with Gasteiger partial charge in [0.15, 0.2) is 0 Å². The summed E-state index contributed by atoms with van der Waals surface area (Å²) in [4.78, 5) is 12.0. The molecule has 0 amide bonds. The summed E-state index contributed by atoms with van der Waals surface area (Å²) in [5.41, 5.74) is 2.02. The van der Waals surface area contributed by atoms with Crippen molar-refractivity contribution in [1.29, 1.82) is 0 Å². The van der Waals surface area contributed by atoms with Gasteiger partial charge in [-0.1, -0.05) is 0 Å². The van der Waals surface area contributed by atoms with Gasteiger partial charge in [0.25, 0.3) is 0 Å². The molecule has 1 saturated heterocycles. The van der Waals surface area contributed by atoms with Crippen LogP contribution in [0.15, 0.2) is 21.8 Å². The molecule has 1 fully saturated rings. The van der Waals surface area contributed by atoms with Gasteiger partial charge in [0.2, 0.25) is 0 Å². The molecule has 4 heteroatoms. The molecule has 1 aliphatic heterocycles. The van der Waals surface area contributed by atoms with Gasteiger partial charge >= 0.3 is 191 Å². The fraction of sp³-hybridized carbons (Fsp3) is 0.808. The van der Waals surface area contributed by atoms with Crippen molar-refractivity contribution in [2.24, 2.45) is 11.3 Å². The first kappa shape index (κ1) is 27.7. The quantitative estimate of drug-likeness (QED) is 0.134. The van der Waals surface area contributed by atoms with Gasteiger partial charge in [0.1, 0.15) is 0 Å². The van der Waals surface area contributed by atoms with E-state index in [1.54, 1.807) is 0 Å². The van der Waals surface area contributed by atoms with Crippen LogP contribution in [0.5, 0.6) is 0 Å². The Morgan fingerprint density at radius 3 is 2.07 bits per heavy atom. The Hall–Kier alpha value is -0.291. The minimum absolute atomic E-state index is 0.0785. The van der Waals surface area contributed by atoms with Gasteiger partial charge in [0.05, 0.1) is 0 Å². The van der Waals surface area contributed by atoms with Crippen LogP contribution in [-0.4, -0.2) is 44.2 Å². The number of hydrogen-bond acceptors (Lipinski definition) is 3. The second kappa shape index (κ2) is 13.3. The summed E-state index contributed by atoms with van der Waals surface area (Å²) in [6, 6.07) is 0. The molecule has 30 heavy (non-hydrogen) atoms. The molecule has 0 aromatic carbocycles. The second-order valence-electron chi connectivity index (χ2n) is 10.1. The summed E-state index contributed by atoms with van der Waals surface area (Å²) in [5, 5.41) is 0. The van der Waals surface area contributed by atoms with E-state index in [9.17, 15) is 4.79 Å². The third kappa shape index (κ3) is 8.00. The topological polar surface area (TPSA) is 35.5 Å². The fourth-order valence-corrected chi connectivity index (χ4v) is 20.9. The van der Waals surface area contributed by atoms with E-state index in [4.69, 9.17) is 9.47 Å². The zero-order valence-electron chi connectivity index (χ0n) is 20.9. The van der Waals surface area contributed by atoms with Crippen LogP contribution in [0.1, 0.15) is 86.5 Å². The van der Waals surface area contributed by atoms with Crippen LogP contribution >= 0.6 is 0 Å². The molecular formula is C26H48O3Sn. The van der Waals surface area contributed by atoms with Crippen LogP contribution in [0.3, 0.4) is 0 Å². The standard InChI is InChI=1S/C14H21O3.3C4H9.Sn/c1-9(13(15)16-6)7-14(4,5)12-10(2)8-17-11(12)3;3*1-3-4-2;/h2,11-12H,1,7-8H2,3-6H3;3*1,3-4H2,2H3;. The van der Waals surface area contributed by atoms with Crippen molar-refractivity contribution in [3.8, 4) is 0 Å². The number of carbonyl (C=O) groups excluding carboxylic acids is 1. The number of carbonyl (C=O) groups is 1. The van der Waals surface area contributed by atoms with Crippen molar-refractivity contribution < 1.29 is 14.3 Å². The molecule has 0 N–H and O–H groups in total. The molecule has 0 aliphatic carbocycles. The van der Waals surface area contributed by atoms with Gasteiger partial charge in [0, 0.05) is 0 Å². The third-order valence-corrected chi connectivity index (χ3v) is 21.3. The Labute approximate surface area is 190 Å². The number of esters is 1. The molecule has 2 unspecified atom stereocenters.